The molecule has 2 N–H and O–H groups in total. The maximum atomic E-state index is 12.5. The van der Waals surface area contributed by atoms with Crippen molar-refractivity contribution in [3.8, 4) is 28.4 Å². The number of amides is 1. The van der Waals surface area contributed by atoms with Crippen LogP contribution in [0, 0.1) is 0 Å². The number of carbonyl (C=O) groups excluding carboxylic acids is 1. The van der Waals surface area contributed by atoms with Crippen LogP contribution in [-0.2, 0) is 0 Å². The van der Waals surface area contributed by atoms with Crippen molar-refractivity contribution in [2.75, 3.05) is 6.54 Å². The van der Waals surface area contributed by atoms with E-state index in [0.29, 0.717) is 5.56 Å². The molecule has 3 rings (SSSR count). The van der Waals surface area contributed by atoms with Crippen LogP contribution in [0.15, 0.2) is 54.9 Å². The summed E-state index contributed by atoms with van der Waals surface area (Å²) < 4.78 is 78.4. The molecule has 7 nitrogen and oxygen atoms in total. The Balaban J connectivity index is 1.94. The highest BCUT2D eigenvalue weighted by Gasteiger charge is 2.38. The molecule has 33 heavy (non-hydrogen) atoms. The second kappa shape index (κ2) is 9.40. The van der Waals surface area contributed by atoms with E-state index < -0.39 is 36.8 Å². The second-order valence-corrected chi connectivity index (χ2v) is 6.54. The molecule has 0 spiro atoms. The Hall–Kier alpha value is -3.74. The molecule has 0 saturated carbocycles. The van der Waals surface area contributed by atoms with E-state index in [9.17, 15) is 31.1 Å². The van der Waals surface area contributed by atoms with E-state index in [1.165, 1.54) is 24.5 Å². The first-order chi connectivity index (χ1) is 15.4. The van der Waals surface area contributed by atoms with Crippen molar-refractivity contribution in [3.05, 3.63) is 60.6 Å². The fourth-order valence-corrected chi connectivity index (χ4v) is 2.56. The van der Waals surface area contributed by atoms with Crippen LogP contribution >= 0.6 is 0 Å². The van der Waals surface area contributed by atoms with E-state index >= 15 is 0 Å². The molecule has 0 fully saturated rings. The van der Waals surface area contributed by atoms with E-state index in [4.69, 9.17) is 5.11 Å². The fourth-order valence-electron chi connectivity index (χ4n) is 2.56. The van der Waals surface area contributed by atoms with Crippen LogP contribution in [0.2, 0.25) is 0 Å². The van der Waals surface area contributed by atoms with Crippen molar-refractivity contribution in [1.82, 2.24) is 20.3 Å². The van der Waals surface area contributed by atoms with E-state index in [0.717, 1.165) is 18.2 Å². The van der Waals surface area contributed by atoms with Gasteiger partial charge in [-0.3, -0.25) is 9.78 Å². The summed E-state index contributed by atoms with van der Waals surface area (Å²) in [5.41, 5.74) is 0.426. The lowest BCUT2D eigenvalue weighted by Gasteiger charge is -2.15. The Labute approximate surface area is 182 Å². The Morgan fingerprint density at radius 2 is 1.73 bits per heavy atom. The molecule has 1 aromatic carbocycles. The van der Waals surface area contributed by atoms with Gasteiger partial charge in [0.2, 0.25) is 0 Å². The number of nitrogens with zero attached hydrogens (tertiary/aromatic N) is 3. The largest absolute Gasteiger partial charge is 0.573 e. The molecule has 1 amide bonds. The maximum absolute atomic E-state index is 12.5. The topological polar surface area (TPSA) is 97.2 Å². The number of aliphatic hydroxyl groups is 1. The minimum absolute atomic E-state index is 0.00209. The SMILES string of the molecule is O=C(NCC(O)C(F)(F)F)c1cc(-c2ccc(OC(F)(F)F)cc2)nc(-c2cccnc2)n1. The van der Waals surface area contributed by atoms with Gasteiger partial charge >= 0.3 is 12.5 Å². The van der Waals surface area contributed by atoms with Crippen LogP contribution in [0.5, 0.6) is 5.75 Å². The minimum Gasteiger partial charge on any atom is -0.406 e. The number of benzene rings is 1. The average Bonchev–Trinajstić information content (AvgIpc) is 2.76. The quantitative estimate of drug-likeness (QED) is 0.531. The van der Waals surface area contributed by atoms with Gasteiger partial charge in [-0.25, -0.2) is 9.97 Å². The smallest absolute Gasteiger partial charge is 0.406 e. The van der Waals surface area contributed by atoms with E-state index in [1.807, 2.05) is 5.32 Å². The number of rotatable bonds is 6. The standard InChI is InChI=1S/C20H14F6N4O3/c21-19(22,23)16(31)10-28-18(32)15-8-14(29-17(30-15)12-2-1-7-27-9-12)11-3-5-13(6-4-11)33-20(24,25)26/h1-9,16,31H,10H2,(H,28,32). The highest BCUT2D eigenvalue weighted by atomic mass is 19.4. The molecule has 174 valence electrons. The minimum atomic E-state index is -4.93. The zero-order chi connectivity index (χ0) is 24.2. The normalized spacial score (nSPS) is 12.8. The highest BCUT2D eigenvalue weighted by molar-refractivity contribution is 5.93. The van der Waals surface area contributed by atoms with Crippen LogP contribution in [0.1, 0.15) is 10.5 Å². The van der Waals surface area contributed by atoms with Gasteiger partial charge in [0.25, 0.3) is 5.91 Å². The number of aliphatic hydroxyl groups excluding tert-OH is 1. The van der Waals surface area contributed by atoms with Gasteiger partial charge in [0.1, 0.15) is 11.4 Å². The molecule has 0 bridgehead atoms. The third-order valence-electron chi connectivity index (χ3n) is 4.10. The number of carbonyl (C=O) groups is 1. The van der Waals surface area contributed by atoms with E-state index in [-0.39, 0.29) is 22.8 Å². The number of hydrogen-bond donors (Lipinski definition) is 2. The zero-order valence-corrected chi connectivity index (χ0v) is 16.4. The summed E-state index contributed by atoms with van der Waals surface area (Å²) in [7, 11) is 0. The third kappa shape index (κ3) is 6.62. The monoisotopic (exact) mass is 472 g/mol. The first kappa shape index (κ1) is 23.9. The molecule has 2 heterocycles. The summed E-state index contributed by atoms with van der Waals surface area (Å²) in [5.74, 6) is -1.51. The summed E-state index contributed by atoms with van der Waals surface area (Å²) in [6, 6.07) is 8.86. The van der Waals surface area contributed by atoms with Crippen LogP contribution in [0.25, 0.3) is 22.6 Å². The number of ether oxygens (including phenoxy) is 1. The maximum Gasteiger partial charge on any atom is 0.573 e. The highest BCUT2D eigenvalue weighted by Crippen LogP contribution is 2.27. The van der Waals surface area contributed by atoms with Crippen LogP contribution in [-0.4, -0.2) is 51.2 Å². The molecular weight excluding hydrogens is 458 g/mol. The van der Waals surface area contributed by atoms with Crippen LogP contribution < -0.4 is 10.1 Å². The predicted octanol–water partition coefficient (Wildman–Crippen LogP) is 3.76. The van der Waals surface area contributed by atoms with Crippen molar-refractivity contribution in [3.63, 3.8) is 0 Å². The van der Waals surface area contributed by atoms with Gasteiger partial charge in [-0.05, 0) is 42.5 Å². The molecule has 0 aliphatic heterocycles. The van der Waals surface area contributed by atoms with Crippen molar-refractivity contribution in [2.45, 2.75) is 18.6 Å². The van der Waals surface area contributed by atoms with Crippen molar-refractivity contribution in [1.29, 1.82) is 0 Å². The second-order valence-electron chi connectivity index (χ2n) is 6.54. The zero-order valence-electron chi connectivity index (χ0n) is 16.4. The molecule has 1 unspecified atom stereocenters. The van der Waals surface area contributed by atoms with Crippen LogP contribution in [0.3, 0.4) is 0 Å². The van der Waals surface area contributed by atoms with Gasteiger partial charge in [-0.1, -0.05) is 0 Å². The van der Waals surface area contributed by atoms with Crippen molar-refractivity contribution in [2.24, 2.45) is 0 Å². The van der Waals surface area contributed by atoms with Gasteiger partial charge in [0.15, 0.2) is 11.9 Å². The number of nitrogens with one attached hydrogen (secondary N) is 1. The molecule has 0 radical (unpaired) electrons. The molecule has 1 atom stereocenters. The Kier molecular flexibility index (Phi) is 6.81. The van der Waals surface area contributed by atoms with Crippen molar-refractivity contribution >= 4 is 5.91 Å². The van der Waals surface area contributed by atoms with Gasteiger partial charge in [-0.15, -0.1) is 13.2 Å². The Morgan fingerprint density at radius 1 is 1.03 bits per heavy atom. The summed E-state index contributed by atoms with van der Waals surface area (Å²) in [6.07, 6.45) is -9.73. The van der Waals surface area contributed by atoms with Gasteiger partial charge in [-0.2, -0.15) is 13.2 Å². The average molecular weight is 472 g/mol. The Morgan fingerprint density at radius 3 is 2.30 bits per heavy atom. The molecule has 13 heteroatoms. The summed E-state index contributed by atoms with van der Waals surface area (Å²) in [5, 5.41) is 11.0. The predicted molar refractivity (Wildman–Crippen MR) is 102 cm³/mol. The first-order valence-corrected chi connectivity index (χ1v) is 9.11. The summed E-state index contributed by atoms with van der Waals surface area (Å²) in [6.45, 7) is -1.10. The number of halogens is 6. The molecule has 0 aliphatic carbocycles. The lowest BCUT2D eigenvalue weighted by Crippen LogP contribution is -2.40. The number of pyridine rings is 1. The summed E-state index contributed by atoms with van der Waals surface area (Å²) >= 11 is 0. The molecule has 2 aromatic heterocycles. The molecular formula is C20H14F6N4O3. The molecule has 0 aliphatic rings. The lowest BCUT2D eigenvalue weighted by molar-refractivity contribution is -0.274. The fraction of sp³-hybridized carbons (Fsp3) is 0.200. The number of alkyl halides is 6. The summed E-state index contributed by atoms with van der Waals surface area (Å²) in [4.78, 5) is 24.6. The van der Waals surface area contributed by atoms with E-state index in [2.05, 4.69) is 19.7 Å². The lowest BCUT2D eigenvalue weighted by atomic mass is 10.1. The number of hydrogen-bond acceptors (Lipinski definition) is 6. The van der Waals surface area contributed by atoms with E-state index in [1.54, 1.807) is 12.1 Å². The Bertz CT molecular complexity index is 1110. The molecule has 0 saturated heterocycles. The van der Waals surface area contributed by atoms with Gasteiger partial charge < -0.3 is 15.2 Å². The molecule has 3 aromatic rings. The third-order valence-corrected chi connectivity index (χ3v) is 4.10. The van der Waals surface area contributed by atoms with Crippen molar-refractivity contribution < 1.29 is 41.0 Å². The van der Waals surface area contributed by atoms with Gasteiger partial charge in [0, 0.05) is 23.5 Å². The first-order valence-electron chi connectivity index (χ1n) is 9.11. The van der Waals surface area contributed by atoms with Crippen LogP contribution in [0.4, 0.5) is 26.3 Å². The van der Waals surface area contributed by atoms with Gasteiger partial charge in [0.05, 0.1) is 12.2 Å². The number of aromatic nitrogens is 3.